The molecular formula is C15H20N2OS. The van der Waals surface area contributed by atoms with Gasteiger partial charge in [-0.05, 0) is 19.0 Å². The van der Waals surface area contributed by atoms with Gasteiger partial charge in [0, 0.05) is 18.1 Å². The van der Waals surface area contributed by atoms with E-state index in [-0.39, 0.29) is 0 Å². The zero-order valence-electron chi connectivity index (χ0n) is 11.4. The van der Waals surface area contributed by atoms with Gasteiger partial charge in [0.05, 0.1) is 12.6 Å². The van der Waals surface area contributed by atoms with Crippen LogP contribution in [0.15, 0.2) is 35.8 Å². The molecule has 0 bridgehead atoms. The van der Waals surface area contributed by atoms with Gasteiger partial charge in [0.2, 0.25) is 0 Å². The van der Waals surface area contributed by atoms with Crippen LogP contribution in [-0.2, 0) is 6.54 Å². The lowest BCUT2D eigenvalue weighted by molar-refractivity contribution is 0.112. The summed E-state index contributed by atoms with van der Waals surface area (Å²) in [5.74, 6) is 0. The molecule has 0 aliphatic heterocycles. The maximum Gasteiger partial charge on any atom is 0.107 e. The minimum atomic E-state index is -0.444. The maximum atomic E-state index is 10.3. The summed E-state index contributed by atoms with van der Waals surface area (Å²) in [4.78, 5) is 6.50. The van der Waals surface area contributed by atoms with Crippen molar-refractivity contribution in [2.75, 3.05) is 13.1 Å². The zero-order valence-corrected chi connectivity index (χ0v) is 12.2. The molecule has 0 aliphatic carbocycles. The van der Waals surface area contributed by atoms with Gasteiger partial charge in [0.15, 0.2) is 0 Å². The SMILES string of the molecule is CCN(Cc1nccs1)CC(O)c1ccc(C)cc1. The van der Waals surface area contributed by atoms with Crippen LogP contribution in [0.3, 0.4) is 0 Å². The number of aliphatic hydroxyl groups is 1. The Labute approximate surface area is 118 Å². The van der Waals surface area contributed by atoms with Gasteiger partial charge in [-0.1, -0.05) is 36.8 Å². The third-order valence-electron chi connectivity index (χ3n) is 3.18. The van der Waals surface area contributed by atoms with Crippen LogP contribution in [-0.4, -0.2) is 28.1 Å². The van der Waals surface area contributed by atoms with Gasteiger partial charge in [-0.15, -0.1) is 11.3 Å². The number of nitrogens with zero attached hydrogens (tertiary/aromatic N) is 2. The smallest absolute Gasteiger partial charge is 0.107 e. The van der Waals surface area contributed by atoms with Crippen LogP contribution in [0.1, 0.15) is 29.2 Å². The lowest BCUT2D eigenvalue weighted by atomic mass is 10.1. The van der Waals surface area contributed by atoms with Crippen LogP contribution in [0.4, 0.5) is 0 Å². The lowest BCUT2D eigenvalue weighted by Crippen LogP contribution is -2.28. The molecule has 1 aromatic heterocycles. The summed E-state index contributed by atoms with van der Waals surface area (Å²) < 4.78 is 0. The first-order chi connectivity index (χ1) is 9.19. The van der Waals surface area contributed by atoms with E-state index in [1.54, 1.807) is 11.3 Å². The highest BCUT2D eigenvalue weighted by Crippen LogP contribution is 2.17. The molecule has 0 fully saturated rings. The summed E-state index contributed by atoms with van der Waals surface area (Å²) >= 11 is 1.66. The highest BCUT2D eigenvalue weighted by Gasteiger charge is 2.13. The molecule has 1 heterocycles. The molecule has 102 valence electrons. The largest absolute Gasteiger partial charge is 0.387 e. The quantitative estimate of drug-likeness (QED) is 0.881. The summed E-state index contributed by atoms with van der Waals surface area (Å²) in [6, 6.07) is 8.07. The van der Waals surface area contributed by atoms with Crippen molar-refractivity contribution < 1.29 is 5.11 Å². The van der Waals surface area contributed by atoms with E-state index in [0.29, 0.717) is 6.54 Å². The second-order valence-electron chi connectivity index (χ2n) is 4.68. The van der Waals surface area contributed by atoms with Crippen molar-refractivity contribution in [1.82, 2.24) is 9.88 Å². The van der Waals surface area contributed by atoms with E-state index in [4.69, 9.17) is 0 Å². The molecule has 0 amide bonds. The number of aliphatic hydroxyl groups excluding tert-OH is 1. The third kappa shape index (κ3) is 4.13. The summed E-state index contributed by atoms with van der Waals surface area (Å²) in [6.07, 6.45) is 1.38. The predicted octanol–water partition coefficient (Wildman–Crippen LogP) is 3.01. The van der Waals surface area contributed by atoms with Crippen molar-refractivity contribution in [3.63, 3.8) is 0 Å². The van der Waals surface area contributed by atoms with Crippen molar-refractivity contribution in [2.45, 2.75) is 26.5 Å². The van der Waals surface area contributed by atoms with E-state index in [0.717, 1.165) is 23.7 Å². The number of hydrogen-bond acceptors (Lipinski definition) is 4. The van der Waals surface area contributed by atoms with Crippen LogP contribution in [0.25, 0.3) is 0 Å². The average Bonchev–Trinajstić information content (AvgIpc) is 2.91. The van der Waals surface area contributed by atoms with Gasteiger partial charge in [0.25, 0.3) is 0 Å². The monoisotopic (exact) mass is 276 g/mol. The first kappa shape index (κ1) is 14.2. The Morgan fingerprint density at radius 3 is 2.63 bits per heavy atom. The molecule has 4 heteroatoms. The minimum Gasteiger partial charge on any atom is -0.387 e. The first-order valence-electron chi connectivity index (χ1n) is 6.54. The summed E-state index contributed by atoms with van der Waals surface area (Å²) in [5.41, 5.74) is 2.19. The number of hydrogen-bond donors (Lipinski definition) is 1. The number of thiazole rings is 1. The Hall–Kier alpha value is -1.23. The molecule has 0 aliphatic rings. The van der Waals surface area contributed by atoms with Crippen molar-refractivity contribution >= 4 is 11.3 Å². The number of benzene rings is 1. The Balaban J connectivity index is 1.95. The molecule has 1 atom stereocenters. The highest BCUT2D eigenvalue weighted by molar-refractivity contribution is 7.09. The van der Waals surface area contributed by atoms with Crippen LogP contribution in [0.5, 0.6) is 0 Å². The van der Waals surface area contributed by atoms with Gasteiger partial charge < -0.3 is 5.11 Å². The maximum absolute atomic E-state index is 10.3. The Morgan fingerprint density at radius 1 is 1.32 bits per heavy atom. The van der Waals surface area contributed by atoms with Crippen molar-refractivity contribution in [2.24, 2.45) is 0 Å². The van der Waals surface area contributed by atoms with Crippen molar-refractivity contribution in [1.29, 1.82) is 0 Å². The number of aromatic nitrogens is 1. The topological polar surface area (TPSA) is 36.4 Å². The van der Waals surface area contributed by atoms with Gasteiger partial charge in [-0.3, -0.25) is 4.90 Å². The number of rotatable bonds is 6. The molecule has 0 spiro atoms. The number of aryl methyl sites for hydroxylation is 1. The Morgan fingerprint density at radius 2 is 2.05 bits per heavy atom. The Bertz CT molecular complexity index is 481. The molecule has 2 rings (SSSR count). The fourth-order valence-electron chi connectivity index (χ4n) is 1.97. The van der Waals surface area contributed by atoms with E-state index in [1.165, 1.54) is 5.56 Å². The molecule has 3 nitrogen and oxygen atoms in total. The minimum absolute atomic E-state index is 0.444. The van der Waals surface area contributed by atoms with Crippen molar-refractivity contribution in [3.05, 3.63) is 52.0 Å². The number of likely N-dealkylation sites (N-methyl/N-ethyl adjacent to an activating group) is 1. The lowest BCUT2D eigenvalue weighted by Gasteiger charge is -2.22. The molecule has 1 unspecified atom stereocenters. The van der Waals surface area contributed by atoms with Crippen LogP contribution in [0.2, 0.25) is 0 Å². The van der Waals surface area contributed by atoms with E-state index < -0.39 is 6.10 Å². The van der Waals surface area contributed by atoms with Gasteiger partial charge in [-0.2, -0.15) is 0 Å². The zero-order chi connectivity index (χ0) is 13.7. The predicted molar refractivity (Wildman–Crippen MR) is 79.2 cm³/mol. The fourth-order valence-corrected chi connectivity index (χ4v) is 2.62. The first-order valence-corrected chi connectivity index (χ1v) is 7.42. The third-order valence-corrected chi connectivity index (χ3v) is 3.95. The van der Waals surface area contributed by atoms with E-state index in [2.05, 4.69) is 23.7 Å². The molecule has 2 aromatic rings. The summed E-state index contributed by atoms with van der Waals surface area (Å²) in [5, 5.41) is 13.4. The molecule has 0 saturated heterocycles. The van der Waals surface area contributed by atoms with Gasteiger partial charge >= 0.3 is 0 Å². The average molecular weight is 276 g/mol. The standard InChI is InChI=1S/C15H20N2OS/c1-3-17(11-15-16-8-9-19-15)10-14(18)13-6-4-12(2)5-7-13/h4-9,14,18H,3,10-11H2,1-2H3. The van der Waals surface area contributed by atoms with Crippen LogP contribution in [0, 0.1) is 6.92 Å². The normalized spacial score (nSPS) is 12.8. The Kier molecular flexibility index (Phi) is 5.07. The van der Waals surface area contributed by atoms with E-state index >= 15 is 0 Å². The van der Waals surface area contributed by atoms with Gasteiger partial charge in [-0.25, -0.2) is 4.98 Å². The molecule has 19 heavy (non-hydrogen) atoms. The highest BCUT2D eigenvalue weighted by atomic mass is 32.1. The summed E-state index contributed by atoms with van der Waals surface area (Å²) in [6.45, 7) is 6.51. The van der Waals surface area contributed by atoms with Crippen LogP contribution < -0.4 is 0 Å². The molecule has 0 saturated carbocycles. The molecule has 0 radical (unpaired) electrons. The summed E-state index contributed by atoms with van der Waals surface area (Å²) in [7, 11) is 0. The molecule has 1 aromatic carbocycles. The molecular weight excluding hydrogens is 256 g/mol. The van der Waals surface area contributed by atoms with Crippen LogP contribution >= 0.6 is 11.3 Å². The van der Waals surface area contributed by atoms with Gasteiger partial charge in [0.1, 0.15) is 5.01 Å². The fraction of sp³-hybridized carbons (Fsp3) is 0.400. The van der Waals surface area contributed by atoms with E-state index in [9.17, 15) is 5.11 Å². The van der Waals surface area contributed by atoms with E-state index in [1.807, 2.05) is 35.8 Å². The second kappa shape index (κ2) is 6.80. The second-order valence-corrected chi connectivity index (χ2v) is 5.66. The van der Waals surface area contributed by atoms with Crippen molar-refractivity contribution in [3.8, 4) is 0 Å². The molecule has 1 N–H and O–H groups in total.